The van der Waals surface area contributed by atoms with E-state index in [4.69, 9.17) is 5.11 Å². The average Bonchev–Trinajstić information content (AvgIpc) is 3.04. The smallest absolute Gasteiger partial charge is 0.335 e. The van der Waals surface area contributed by atoms with E-state index < -0.39 is 5.97 Å². The van der Waals surface area contributed by atoms with Crippen LogP contribution in [0.3, 0.4) is 0 Å². The molecule has 0 radical (unpaired) electrons. The number of aryl methyl sites for hydroxylation is 1. The lowest BCUT2D eigenvalue weighted by Gasteiger charge is -2.17. The number of carbonyl (C=O) groups is 2. The number of anilines is 2. The number of nitrogens with zero attached hydrogens (tertiary/aromatic N) is 2. The second-order valence-corrected chi connectivity index (χ2v) is 5.99. The molecule has 0 spiro atoms. The standard InChI is InChI=1S/C14H13N3O3S/c1-8-7-15-13(21-8)16-14(20)17-5-4-9-2-3-10(12(18)19)6-11(9)17/h2-3,6-7H,4-5H2,1H3,(H,18,19)(H,15,16,20). The van der Waals surface area contributed by atoms with Gasteiger partial charge in [-0.05, 0) is 31.0 Å². The van der Waals surface area contributed by atoms with Gasteiger partial charge in [0.15, 0.2) is 5.13 Å². The van der Waals surface area contributed by atoms with Crippen molar-refractivity contribution in [2.45, 2.75) is 13.3 Å². The molecule has 1 aromatic carbocycles. The van der Waals surface area contributed by atoms with Crippen molar-refractivity contribution in [1.82, 2.24) is 4.98 Å². The molecule has 0 aliphatic carbocycles. The van der Waals surface area contributed by atoms with Crippen LogP contribution in [-0.4, -0.2) is 28.6 Å². The second-order valence-electron chi connectivity index (χ2n) is 4.76. The lowest BCUT2D eigenvalue weighted by molar-refractivity contribution is 0.0697. The lowest BCUT2D eigenvalue weighted by atomic mass is 10.1. The summed E-state index contributed by atoms with van der Waals surface area (Å²) in [6.45, 7) is 2.45. The van der Waals surface area contributed by atoms with E-state index in [1.54, 1.807) is 23.2 Å². The predicted molar refractivity (Wildman–Crippen MR) is 80.3 cm³/mol. The first-order valence-electron chi connectivity index (χ1n) is 6.42. The first-order valence-corrected chi connectivity index (χ1v) is 7.23. The quantitative estimate of drug-likeness (QED) is 0.893. The van der Waals surface area contributed by atoms with Crippen LogP contribution in [-0.2, 0) is 6.42 Å². The van der Waals surface area contributed by atoms with E-state index in [-0.39, 0.29) is 11.6 Å². The molecule has 1 aromatic heterocycles. The summed E-state index contributed by atoms with van der Waals surface area (Å²) in [7, 11) is 0. The van der Waals surface area contributed by atoms with Crippen LogP contribution in [0.2, 0.25) is 0 Å². The number of carboxylic acids is 1. The minimum absolute atomic E-state index is 0.179. The molecular formula is C14H13N3O3S. The molecule has 2 amide bonds. The van der Waals surface area contributed by atoms with Crippen molar-refractivity contribution in [3.63, 3.8) is 0 Å². The summed E-state index contributed by atoms with van der Waals surface area (Å²) in [5.74, 6) is -0.999. The fourth-order valence-electron chi connectivity index (χ4n) is 2.29. The molecule has 21 heavy (non-hydrogen) atoms. The maximum atomic E-state index is 12.3. The number of benzene rings is 1. The van der Waals surface area contributed by atoms with Crippen LogP contribution >= 0.6 is 11.3 Å². The Morgan fingerprint density at radius 1 is 1.43 bits per heavy atom. The Balaban J connectivity index is 1.84. The SMILES string of the molecule is Cc1cnc(NC(=O)N2CCc3ccc(C(=O)O)cc32)s1. The number of hydrogen-bond acceptors (Lipinski definition) is 4. The normalized spacial score (nSPS) is 13.1. The van der Waals surface area contributed by atoms with Gasteiger partial charge in [-0.1, -0.05) is 6.07 Å². The number of carbonyl (C=O) groups excluding carboxylic acids is 1. The van der Waals surface area contributed by atoms with Gasteiger partial charge in [0.25, 0.3) is 0 Å². The Morgan fingerprint density at radius 3 is 2.90 bits per heavy atom. The summed E-state index contributed by atoms with van der Waals surface area (Å²) >= 11 is 1.40. The highest BCUT2D eigenvalue weighted by molar-refractivity contribution is 7.15. The fourth-order valence-corrected chi connectivity index (χ4v) is 2.95. The minimum atomic E-state index is -0.999. The third-order valence-corrected chi connectivity index (χ3v) is 4.14. The average molecular weight is 303 g/mol. The second kappa shape index (κ2) is 5.17. The summed E-state index contributed by atoms with van der Waals surface area (Å²) in [4.78, 5) is 30.0. The number of aromatic carboxylic acids is 1. The highest BCUT2D eigenvalue weighted by Gasteiger charge is 2.26. The van der Waals surface area contributed by atoms with Crippen LogP contribution in [0, 0.1) is 6.92 Å². The maximum absolute atomic E-state index is 12.3. The van der Waals surface area contributed by atoms with Gasteiger partial charge in [-0.15, -0.1) is 11.3 Å². The van der Waals surface area contributed by atoms with Gasteiger partial charge in [-0.25, -0.2) is 14.6 Å². The molecule has 0 unspecified atom stereocenters. The van der Waals surface area contributed by atoms with E-state index in [1.165, 1.54) is 17.4 Å². The molecule has 0 fully saturated rings. The van der Waals surface area contributed by atoms with Crippen LogP contribution in [0.15, 0.2) is 24.4 Å². The molecule has 6 nitrogen and oxygen atoms in total. The van der Waals surface area contributed by atoms with Gasteiger partial charge < -0.3 is 5.11 Å². The Labute approximate surface area is 125 Å². The van der Waals surface area contributed by atoms with Gasteiger partial charge in [0.05, 0.1) is 5.56 Å². The number of aromatic nitrogens is 1. The van der Waals surface area contributed by atoms with Crippen molar-refractivity contribution in [3.05, 3.63) is 40.4 Å². The van der Waals surface area contributed by atoms with Gasteiger partial charge in [-0.2, -0.15) is 0 Å². The molecule has 108 valence electrons. The topological polar surface area (TPSA) is 82.5 Å². The molecule has 0 saturated heterocycles. The summed E-state index contributed by atoms with van der Waals surface area (Å²) in [6.07, 6.45) is 2.42. The van der Waals surface area contributed by atoms with E-state index >= 15 is 0 Å². The number of thiazole rings is 1. The third-order valence-electron chi connectivity index (χ3n) is 3.31. The van der Waals surface area contributed by atoms with E-state index in [0.717, 1.165) is 16.9 Å². The Morgan fingerprint density at radius 2 is 2.24 bits per heavy atom. The molecule has 0 saturated carbocycles. The molecule has 0 bridgehead atoms. The Hall–Kier alpha value is -2.41. The van der Waals surface area contributed by atoms with Gasteiger partial charge in [-0.3, -0.25) is 10.2 Å². The number of amides is 2. The van der Waals surface area contributed by atoms with Crippen molar-refractivity contribution in [2.24, 2.45) is 0 Å². The molecule has 2 heterocycles. The van der Waals surface area contributed by atoms with Crippen LogP contribution < -0.4 is 10.2 Å². The van der Waals surface area contributed by atoms with E-state index in [2.05, 4.69) is 10.3 Å². The van der Waals surface area contributed by atoms with Crippen LogP contribution in [0.5, 0.6) is 0 Å². The zero-order valence-corrected chi connectivity index (χ0v) is 12.1. The zero-order valence-electron chi connectivity index (χ0n) is 11.3. The van der Waals surface area contributed by atoms with Crippen molar-refractivity contribution in [1.29, 1.82) is 0 Å². The van der Waals surface area contributed by atoms with E-state index in [0.29, 0.717) is 17.4 Å². The molecule has 2 aromatic rings. The van der Waals surface area contributed by atoms with E-state index in [9.17, 15) is 9.59 Å². The highest BCUT2D eigenvalue weighted by atomic mass is 32.1. The number of carboxylic acid groups (broad SMARTS) is 1. The van der Waals surface area contributed by atoms with Crippen molar-refractivity contribution >= 4 is 34.2 Å². The molecule has 0 atom stereocenters. The van der Waals surface area contributed by atoms with Gasteiger partial charge in [0.1, 0.15) is 0 Å². The molecule has 3 rings (SSSR count). The number of hydrogen-bond donors (Lipinski definition) is 2. The molecular weight excluding hydrogens is 290 g/mol. The first kappa shape index (κ1) is 13.6. The predicted octanol–water partition coefficient (Wildman–Crippen LogP) is 2.74. The van der Waals surface area contributed by atoms with Crippen molar-refractivity contribution < 1.29 is 14.7 Å². The van der Waals surface area contributed by atoms with E-state index in [1.807, 2.05) is 6.92 Å². The lowest BCUT2D eigenvalue weighted by Crippen LogP contribution is -2.33. The van der Waals surface area contributed by atoms with Crippen LogP contribution in [0.4, 0.5) is 15.6 Å². The monoisotopic (exact) mass is 303 g/mol. The molecule has 7 heteroatoms. The summed E-state index contributed by atoms with van der Waals surface area (Å²) < 4.78 is 0. The zero-order chi connectivity index (χ0) is 15.0. The number of nitrogens with one attached hydrogen (secondary N) is 1. The van der Waals surface area contributed by atoms with Gasteiger partial charge in [0.2, 0.25) is 0 Å². The summed E-state index contributed by atoms with van der Waals surface area (Å²) in [5.41, 5.74) is 1.81. The number of fused-ring (bicyclic) bond motifs is 1. The Bertz CT molecular complexity index is 726. The number of rotatable bonds is 2. The number of urea groups is 1. The molecule has 1 aliphatic heterocycles. The summed E-state index contributed by atoms with van der Waals surface area (Å²) in [6, 6.07) is 4.58. The fraction of sp³-hybridized carbons (Fsp3) is 0.214. The van der Waals surface area contributed by atoms with Crippen LogP contribution in [0.25, 0.3) is 0 Å². The third kappa shape index (κ3) is 2.59. The van der Waals surface area contributed by atoms with Crippen LogP contribution in [0.1, 0.15) is 20.8 Å². The molecule has 1 aliphatic rings. The molecule has 2 N–H and O–H groups in total. The van der Waals surface area contributed by atoms with Crippen molar-refractivity contribution in [2.75, 3.05) is 16.8 Å². The summed E-state index contributed by atoms with van der Waals surface area (Å²) in [5, 5.41) is 12.3. The minimum Gasteiger partial charge on any atom is -0.478 e. The van der Waals surface area contributed by atoms with Gasteiger partial charge >= 0.3 is 12.0 Å². The largest absolute Gasteiger partial charge is 0.478 e. The van der Waals surface area contributed by atoms with Gasteiger partial charge in [0, 0.05) is 23.3 Å². The first-order chi connectivity index (χ1) is 10.0. The maximum Gasteiger partial charge on any atom is 0.335 e. The van der Waals surface area contributed by atoms with Crippen molar-refractivity contribution in [3.8, 4) is 0 Å². The Kier molecular flexibility index (Phi) is 3.34. The highest BCUT2D eigenvalue weighted by Crippen LogP contribution is 2.30.